The largest absolute Gasteiger partial charge is 0.383 e. The SMILES string of the molecule is CCC(CC)N(CCOC)c1ccc(Cl)c(CCl)n1. The van der Waals surface area contributed by atoms with E-state index in [9.17, 15) is 0 Å². The van der Waals surface area contributed by atoms with Crippen molar-refractivity contribution in [3.8, 4) is 0 Å². The third-order valence-electron chi connectivity index (χ3n) is 3.24. The second-order valence-electron chi connectivity index (χ2n) is 4.39. The van der Waals surface area contributed by atoms with E-state index in [1.807, 2.05) is 12.1 Å². The first-order valence-electron chi connectivity index (χ1n) is 6.64. The van der Waals surface area contributed by atoms with E-state index in [4.69, 9.17) is 27.9 Å². The molecule has 5 heteroatoms. The zero-order valence-corrected chi connectivity index (χ0v) is 13.3. The van der Waals surface area contributed by atoms with Gasteiger partial charge in [-0.2, -0.15) is 0 Å². The van der Waals surface area contributed by atoms with Gasteiger partial charge in [-0.3, -0.25) is 0 Å². The molecule has 3 nitrogen and oxygen atoms in total. The molecular weight excluding hydrogens is 283 g/mol. The molecular formula is C14H22Cl2N2O. The number of hydrogen-bond acceptors (Lipinski definition) is 3. The molecule has 0 aromatic carbocycles. The van der Waals surface area contributed by atoms with Crippen molar-refractivity contribution in [1.29, 1.82) is 0 Å². The van der Waals surface area contributed by atoms with Crippen LogP contribution in [0.25, 0.3) is 0 Å². The number of hydrogen-bond donors (Lipinski definition) is 0. The fourth-order valence-corrected chi connectivity index (χ4v) is 2.57. The highest BCUT2D eigenvalue weighted by Gasteiger charge is 2.17. The predicted octanol–water partition coefficient (Wildman–Crippen LogP) is 4.12. The van der Waals surface area contributed by atoms with Crippen LogP contribution in [0.15, 0.2) is 12.1 Å². The average molecular weight is 305 g/mol. The first-order valence-corrected chi connectivity index (χ1v) is 7.56. The molecule has 0 bridgehead atoms. The number of pyridine rings is 1. The maximum Gasteiger partial charge on any atom is 0.129 e. The van der Waals surface area contributed by atoms with Gasteiger partial charge < -0.3 is 9.64 Å². The third-order valence-corrected chi connectivity index (χ3v) is 3.84. The lowest BCUT2D eigenvalue weighted by molar-refractivity contribution is 0.202. The van der Waals surface area contributed by atoms with Crippen molar-refractivity contribution in [2.45, 2.75) is 38.6 Å². The zero-order valence-electron chi connectivity index (χ0n) is 11.8. The molecule has 1 heterocycles. The van der Waals surface area contributed by atoms with Gasteiger partial charge in [-0.25, -0.2) is 4.98 Å². The molecule has 0 atom stereocenters. The monoisotopic (exact) mass is 304 g/mol. The highest BCUT2D eigenvalue weighted by atomic mass is 35.5. The van der Waals surface area contributed by atoms with Crippen molar-refractivity contribution in [3.63, 3.8) is 0 Å². The lowest BCUT2D eigenvalue weighted by atomic mass is 10.1. The summed E-state index contributed by atoms with van der Waals surface area (Å²) in [5.74, 6) is 1.25. The zero-order chi connectivity index (χ0) is 14.3. The smallest absolute Gasteiger partial charge is 0.129 e. The van der Waals surface area contributed by atoms with Crippen LogP contribution in [-0.4, -0.2) is 31.3 Å². The fourth-order valence-electron chi connectivity index (χ4n) is 2.13. The molecule has 0 saturated heterocycles. The van der Waals surface area contributed by atoms with Gasteiger partial charge in [0.2, 0.25) is 0 Å². The minimum Gasteiger partial charge on any atom is -0.383 e. The van der Waals surface area contributed by atoms with Gasteiger partial charge >= 0.3 is 0 Å². The highest BCUT2D eigenvalue weighted by molar-refractivity contribution is 6.32. The van der Waals surface area contributed by atoms with Crippen molar-refractivity contribution in [1.82, 2.24) is 4.98 Å². The van der Waals surface area contributed by atoms with Crippen LogP contribution >= 0.6 is 23.2 Å². The van der Waals surface area contributed by atoms with E-state index in [1.165, 1.54) is 0 Å². The summed E-state index contributed by atoms with van der Waals surface area (Å²) in [5, 5.41) is 0.620. The van der Waals surface area contributed by atoms with Crippen LogP contribution in [0.2, 0.25) is 5.02 Å². The number of nitrogens with zero attached hydrogens (tertiary/aromatic N) is 2. The summed E-state index contributed by atoms with van der Waals surface area (Å²) in [6.45, 7) is 5.87. The van der Waals surface area contributed by atoms with Crippen LogP contribution in [0.3, 0.4) is 0 Å². The lowest BCUT2D eigenvalue weighted by Gasteiger charge is -2.31. The van der Waals surface area contributed by atoms with Gasteiger partial charge in [0, 0.05) is 19.7 Å². The van der Waals surface area contributed by atoms with Crippen molar-refractivity contribution in [3.05, 3.63) is 22.8 Å². The first-order chi connectivity index (χ1) is 9.17. The van der Waals surface area contributed by atoms with Crippen LogP contribution in [0, 0.1) is 0 Å². The molecule has 0 aliphatic rings. The molecule has 1 aromatic heterocycles. The van der Waals surface area contributed by atoms with Crippen molar-refractivity contribution in [2.24, 2.45) is 0 Å². The van der Waals surface area contributed by atoms with E-state index in [1.54, 1.807) is 7.11 Å². The Hall–Kier alpha value is -0.510. The number of methoxy groups -OCH3 is 1. The van der Waals surface area contributed by atoms with Gasteiger partial charge in [0.15, 0.2) is 0 Å². The van der Waals surface area contributed by atoms with Crippen LogP contribution in [0.5, 0.6) is 0 Å². The minimum atomic E-state index is 0.327. The second-order valence-corrected chi connectivity index (χ2v) is 5.06. The molecule has 0 spiro atoms. The Morgan fingerprint density at radius 3 is 2.53 bits per heavy atom. The summed E-state index contributed by atoms with van der Waals surface area (Å²) < 4.78 is 5.19. The summed E-state index contributed by atoms with van der Waals surface area (Å²) in [6.07, 6.45) is 2.14. The van der Waals surface area contributed by atoms with Gasteiger partial charge in [0.05, 0.1) is 23.2 Å². The molecule has 0 radical (unpaired) electrons. The van der Waals surface area contributed by atoms with Crippen molar-refractivity contribution < 1.29 is 4.74 Å². The Labute approximate surface area is 125 Å². The van der Waals surface area contributed by atoms with Crippen LogP contribution in [-0.2, 0) is 10.6 Å². The van der Waals surface area contributed by atoms with Gasteiger partial charge in [-0.05, 0) is 25.0 Å². The molecule has 0 aliphatic heterocycles. The molecule has 0 saturated carbocycles. The first kappa shape index (κ1) is 16.5. The number of anilines is 1. The average Bonchev–Trinajstić information content (AvgIpc) is 2.44. The summed E-state index contributed by atoms with van der Waals surface area (Å²) in [7, 11) is 1.71. The summed E-state index contributed by atoms with van der Waals surface area (Å²) in [4.78, 5) is 6.84. The Bertz CT molecular complexity index is 384. The number of ether oxygens (including phenoxy) is 1. The molecule has 1 aromatic rings. The van der Waals surface area contributed by atoms with E-state index in [0.29, 0.717) is 23.6 Å². The molecule has 0 aliphatic carbocycles. The molecule has 1 rings (SSSR count). The van der Waals surface area contributed by atoms with Crippen LogP contribution in [0.1, 0.15) is 32.4 Å². The van der Waals surface area contributed by atoms with Gasteiger partial charge in [0.25, 0.3) is 0 Å². The molecule has 0 fully saturated rings. The number of aromatic nitrogens is 1. The van der Waals surface area contributed by atoms with Gasteiger partial charge in [-0.15, -0.1) is 11.6 Å². The fraction of sp³-hybridized carbons (Fsp3) is 0.643. The Kier molecular flexibility index (Phi) is 7.51. The molecule has 0 unspecified atom stereocenters. The molecule has 19 heavy (non-hydrogen) atoms. The Morgan fingerprint density at radius 2 is 2.00 bits per heavy atom. The van der Waals surface area contributed by atoms with Crippen LogP contribution < -0.4 is 4.90 Å². The molecule has 0 amide bonds. The number of halogens is 2. The topological polar surface area (TPSA) is 25.4 Å². The Balaban J connectivity index is 3.01. The van der Waals surface area contributed by atoms with E-state index in [0.717, 1.165) is 30.9 Å². The Morgan fingerprint density at radius 1 is 1.32 bits per heavy atom. The second kappa shape index (κ2) is 8.62. The third kappa shape index (κ3) is 4.51. The van der Waals surface area contributed by atoms with Crippen molar-refractivity contribution in [2.75, 3.05) is 25.2 Å². The highest BCUT2D eigenvalue weighted by Crippen LogP contribution is 2.23. The summed E-state index contributed by atoms with van der Waals surface area (Å²) in [6, 6.07) is 4.27. The van der Waals surface area contributed by atoms with E-state index < -0.39 is 0 Å². The number of rotatable bonds is 8. The van der Waals surface area contributed by atoms with E-state index >= 15 is 0 Å². The van der Waals surface area contributed by atoms with Crippen LogP contribution in [0.4, 0.5) is 5.82 Å². The summed E-state index contributed by atoms with van der Waals surface area (Å²) in [5.41, 5.74) is 0.731. The van der Waals surface area contributed by atoms with E-state index in [2.05, 4.69) is 23.7 Å². The van der Waals surface area contributed by atoms with E-state index in [-0.39, 0.29) is 0 Å². The normalized spacial score (nSPS) is 11.1. The minimum absolute atomic E-state index is 0.327. The number of alkyl halides is 1. The molecule has 108 valence electrons. The molecule has 0 N–H and O–H groups in total. The van der Waals surface area contributed by atoms with Gasteiger partial charge in [0.1, 0.15) is 5.82 Å². The maximum atomic E-state index is 6.06. The lowest BCUT2D eigenvalue weighted by Crippen LogP contribution is -2.37. The maximum absolute atomic E-state index is 6.06. The predicted molar refractivity (Wildman–Crippen MR) is 82.4 cm³/mol. The standard InChI is InChI=1S/C14H22Cl2N2O/c1-4-11(5-2)18(8-9-19-3)14-7-6-12(16)13(10-15)17-14/h6-7,11H,4-5,8-10H2,1-3H3. The van der Waals surface area contributed by atoms with Gasteiger partial charge in [-0.1, -0.05) is 25.4 Å². The van der Waals surface area contributed by atoms with Crippen molar-refractivity contribution >= 4 is 29.0 Å². The summed E-state index contributed by atoms with van der Waals surface area (Å²) >= 11 is 11.9. The quantitative estimate of drug-likeness (QED) is 0.676.